The van der Waals surface area contributed by atoms with Gasteiger partial charge in [-0.1, -0.05) is 54.2 Å². The Balaban J connectivity index is 1.44. The van der Waals surface area contributed by atoms with Crippen molar-refractivity contribution in [2.45, 2.75) is 24.1 Å². The second kappa shape index (κ2) is 11.4. The van der Waals surface area contributed by atoms with Crippen molar-refractivity contribution in [1.82, 2.24) is 5.32 Å². The Morgan fingerprint density at radius 2 is 1.57 bits per heavy atom. The fraction of sp³-hybridized carbons (Fsp3) is 0.192. The summed E-state index contributed by atoms with van der Waals surface area (Å²) in [6.07, 6.45) is -5.39. The molecule has 1 unspecified atom stereocenters. The molecule has 0 aliphatic carbocycles. The molecule has 1 aliphatic rings. The minimum absolute atomic E-state index is 0.118. The van der Waals surface area contributed by atoms with Gasteiger partial charge in [0, 0.05) is 0 Å². The van der Waals surface area contributed by atoms with E-state index in [2.05, 4.69) is 10.1 Å². The summed E-state index contributed by atoms with van der Waals surface area (Å²) in [5, 5.41) is 1.38. The lowest BCUT2D eigenvalue weighted by Gasteiger charge is -2.20. The average molecular weight is 532 g/mol. The van der Waals surface area contributed by atoms with Crippen molar-refractivity contribution >= 4 is 28.9 Å². The first-order valence-electron chi connectivity index (χ1n) is 11.0. The fourth-order valence-corrected chi connectivity index (χ4v) is 4.35. The molecule has 2 atom stereocenters. The number of ether oxygens (including phenoxy) is 3. The molecule has 3 aromatic carbocycles. The van der Waals surface area contributed by atoms with Crippen molar-refractivity contribution in [3.8, 4) is 11.5 Å². The van der Waals surface area contributed by atoms with Crippen molar-refractivity contribution in [2.24, 2.45) is 0 Å². The topological polar surface area (TPSA) is 90.9 Å². The molecule has 2 amide bonds. The highest BCUT2D eigenvalue weighted by Crippen LogP contribution is 2.28. The Bertz CT molecular complexity index is 1250. The molecule has 7 nitrogen and oxygen atoms in total. The minimum Gasteiger partial charge on any atom is -0.489 e. The molecule has 3 aromatic rings. The van der Waals surface area contributed by atoms with Crippen molar-refractivity contribution in [3.63, 3.8) is 0 Å². The summed E-state index contributed by atoms with van der Waals surface area (Å²) in [4.78, 5) is 35.7. The zero-order valence-corrected chi connectivity index (χ0v) is 19.9. The molecule has 11 heteroatoms. The van der Waals surface area contributed by atoms with Gasteiger partial charge in [0.05, 0.1) is 10.8 Å². The molecular formula is C26H20F3NO6S. The molecule has 1 saturated heterocycles. The Morgan fingerprint density at radius 1 is 0.919 bits per heavy atom. The largest absolute Gasteiger partial charge is 0.573 e. The fourth-order valence-electron chi connectivity index (χ4n) is 3.49. The van der Waals surface area contributed by atoms with Crippen LogP contribution in [0.25, 0.3) is 0 Å². The number of hydrogen-bond acceptors (Lipinski definition) is 7. The van der Waals surface area contributed by atoms with Gasteiger partial charge in [0.2, 0.25) is 5.91 Å². The monoisotopic (exact) mass is 531 g/mol. The number of halogens is 3. The van der Waals surface area contributed by atoms with Gasteiger partial charge in [0.25, 0.3) is 5.24 Å². The molecular weight excluding hydrogens is 511 g/mol. The van der Waals surface area contributed by atoms with Gasteiger partial charge in [-0.25, -0.2) is 4.79 Å². The number of amides is 2. The first-order valence-corrected chi connectivity index (χ1v) is 11.9. The molecule has 1 fully saturated rings. The normalized spacial score (nSPS) is 16.1. The number of nitrogens with one attached hydrogen (secondary N) is 1. The summed E-state index contributed by atoms with van der Waals surface area (Å²) in [7, 11) is 0. The smallest absolute Gasteiger partial charge is 0.489 e. The summed E-state index contributed by atoms with van der Waals surface area (Å²) < 4.78 is 52.8. The van der Waals surface area contributed by atoms with Crippen LogP contribution in [0.1, 0.15) is 27.6 Å². The third kappa shape index (κ3) is 7.50. The predicted octanol–water partition coefficient (Wildman–Crippen LogP) is 5.46. The van der Waals surface area contributed by atoms with Crippen LogP contribution in [0.15, 0.2) is 78.9 Å². The van der Waals surface area contributed by atoms with E-state index in [0.29, 0.717) is 23.3 Å². The lowest BCUT2D eigenvalue weighted by atomic mass is 10.1. The summed E-state index contributed by atoms with van der Waals surface area (Å²) in [6, 6.07) is 20.1. The maximum Gasteiger partial charge on any atom is 0.573 e. The van der Waals surface area contributed by atoms with Crippen LogP contribution in [0.4, 0.5) is 18.0 Å². The maximum atomic E-state index is 12.6. The molecule has 4 rings (SSSR count). The predicted molar refractivity (Wildman–Crippen MR) is 128 cm³/mol. The van der Waals surface area contributed by atoms with E-state index in [4.69, 9.17) is 9.47 Å². The maximum absolute atomic E-state index is 12.6. The molecule has 0 saturated carbocycles. The summed E-state index contributed by atoms with van der Waals surface area (Å²) in [6.45, 7) is -0.118. The van der Waals surface area contributed by atoms with E-state index in [1.165, 1.54) is 12.1 Å². The van der Waals surface area contributed by atoms with Crippen molar-refractivity contribution in [3.05, 3.63) is 95.6 Å². The van der Waals surface area contributed by atoms with Crippen LogP contribution in [-0.2, 0) is 16.0 Å². The number of carbonyl (C=O) groups excluding carboxylic acids is 3. The molecule has 37 heavy (non-hydrogen) atoms. The molecule has 0 bridgehead atoms. The minimum atomic E-state index is -4.83. The van der Waals surface area contributed by atoms with E-state index in [-0.39, 0.29) is 17.8 Å². The number of esters is 1. The van der Waals surface area contributed by atoms with Gasteiger partial charge in [0.15, 0.2) is 6.10 Å². The van der Waals surface area contributed by atoms with Crippen molar-refractivity contribution in [1.29, 1.82) is 0 Å². The number of thioether (sulfide) groups is 1. The van der Waals surface area contributed by atoms with Gasteiger partial charge in [-0.15, -0.1) is 13.2 Å². The highest BCUT2D eigenvalue weighted by molar-refractivity contribution is 8.15. The lowest BCUT2D eigenvalue weighted by molar-refractivity contribution is -0.274. The number of carbonyl (C=O) groups is 3. The van der Waals surface area contributed by atoms with E-state index >= 15 is 0 Å². The van der Waals surface area contributed by atoms with E-state index in [1.807, 2.05) is 0 Å². The highest BCUT2D eigenvalue weighted by Gasteiger charge is 2.32. The Morgan fingerprint density at radius 3 is 2.16 bits per heavy atom. The van der Waals surface area contributed by atoms with Gasteiger partial charge in [0.1, 0.15) is 18.1 Å². The molecule has 0 aromatic heterocycles. The third-order valence-corrected chi connectivity index (χ3v) is 6.24. The Labute approximate surface area is 213 Å². The zero-order chi connectivity index (χ0) is 26.4. The zero-order valence-electron chi connectivity index (χ0n) is 19.1. The third-order valence-electron chi connectivity index (χ3n) is 5.26. The average Bonchev–Trinajstić information content (AvgIpc) is 3.18. The van der Waals surface area contributed by atoms with Crippen LogP contribution in [0.2, 0.25) is 0 Å². The van der Waals surface area contributed by atoms with Crippen molar-refractivity contribution < 1.29 is 41.8 Å². The van der Waals surface area contributed by atoms with Gasteiger partial charge < -0.3 is 14.2 Å². The van der Waals surface area contributed by atoms with Crippen molar-refractivity contribution in [2.75, 3.05) is 6.61 Å². The van der Waals surface area contributed by atoms with E-state index in [1.54, 1.807) is 54.6 Å². The van der Waals surface area contributed by atoms with Crippen LogP contribution >= 0.6 is 11.8 Å². The summed E-state index contributed by atoms with van der Waals surface area (Å²) in [5.74, 6) is -0.912. The van der Waals surface area contributed by atoms with Gasteiger partial charge >= 0.3 is 12.3 Å². The molecule has 0 spiro atoms. The van der Waals surface area contributed by atoms with Crippen LogP contribution in [0, 0.1) is 0 Å². The summed E-state index contributed by atoms with van der Waals surface area (Å²) in [5.41, 5.74) is 1.53. The standard InChI is InChI=1S/C26H20F3NO6S/c27-26(28,29)36-20-12-8-17(9-13-20)21(35-24(32)18-4-2-1-3-5-18)15-34-19-10-6-16(7-11-19)14-22-23(31)30-25(33)37-22/h1-13,21-22H,14-15H2,(H,30,31,33)/t21-,22?/m1/s1. The SMILES string of the molecule is O=C1NC(=O)C(Cc2ccc(OC[C@@H](OC(=O)c3ccccc3)c3ccc(OC(F)(F)F)cc3)cc2)S1. The van der Waals surface area contributed by atoms with E-state index < -0.39 is 29.4 Å². The van der Waals surface area contributed by atoms with Crippen LogP contribution < -0.4 is 14.8 Å². The van der Waals surface area contributed by atoms with Crippen LogP contribution in [-0.4, -0.2) is 35.3 Å². The van der Waals surface area contributed by atoms with E-state index in [9.17, 15) is 27.6 Å². The van der Waals surface area contributed by atoms with E-state index in [0.717, 1.165) is 29.5 Å². The highest BCUT2D eigenvalue weighted by atomic mass is 32.2. The number of imide groups is 1. The number of benzene rings is 3. The number of alkyl halides is 3. The van der Waals surface area contributed by atoms with Gasteiger partial charge in [-0.05, 0) is 53.9 Å². The lowest BCUT2D eigenvalue weighted by Crippen LogP contribution is -2.25. The molecule has 0 radical (unpaired) electrons. The quantitative estimate of drug-likeness (QED) is 0.367. The first kappa shape index (κ1) is 26.1. The second-order valence-corrected chi connectivity index (χ2v) is 9.09. The second-order valence-electron chi connectivity index (χ2n) is 7.92. The Kier molecular flexibility index (Phi) is 8.02. The molecule has 1 aliphatic heterocycles. The number of rotatable bonds is 9. The van der Waals surface area contributed by atoms with Crippen LogP contribution in [0.5, 0.6) is 11.5 Å². The molecule has 192 valence electrons. The summed E-state index contributed by atoms with van der Waals surface area (Å²) >= 11 is 0.942. The first-order chi connectivity index (χ1) is 17.7. The van der Waals surface area contributed by atoms with Gasteiger partial charge in [-0.3, -0.25) is 14.9 Å². The molecule has 1 heterocycles. The Hall–Kier alpha value is -3.99. The van der Waals surface area contributed by atoms with Gasteiger partial charge in [-0.2, -0.15) is 0 Å². The number of hydrogen-bond donors (Lipinski definition) is 1. The van der Waals surface area contributed by atoms with Crippen LogP contribution in [0.3, 0.4) is 0 Å². The molecule has 1 N–H and O–H groups in total.